The number of hydrogen-bond donors (Lipinski definition) is 2. The first-order chi connectivity index (χ1) is 13.0. The molecule has 2 N–H and O–H groups in total. The van der Waals surface area contributed by atoms with Crippen molar-refractivity contribution in [2.75, 3.05) is 13.7 Å². The Balaban J connectivity index is 2.16. The van der Waals surface area contributed by atoms with Crippen molar-refractivity contribution in [3.8, 4) is 5.75 Å². The summed E-state index contributed by atoms with van der Waals surface area (Å²) in [5.74, 6) is 0.414. The fraction of sp³-hybridized carbons (Fsp3) is 0.238. The Kier molecular flexibility index (Phi) is 5.76. The lowest BCUT2D eigenvalue weighted by Gasteiger charge is -2.31. The predicted octanol–water partition coefficient (Wildman–Crippen LogP) is 3.50. The second-order valence-electron chi connectivity index (χ2n) is 6.14. The van der Waals surface area contributed by atoms with Crippen LogP contribution >= 0.6 is 12.2 Å². The minimum Gasteiger partial charge on any atom is -0.496 e. The van der Waals surface area contributed by atoms with Crippen molar-refractivity contribution in [3.05, 3.63) is 70.8 Å². The zero-order valence-electron chi connectivity index (χ0n) is 15.5. The third kappa shape index (κ3) is 3.95. The number of thiocarbonyl (C=S) groups is 1. The third-order valence-electron chi connectivity index (χ3n) is 4.38. The normalized spacial score (nSPS) is 16.4. The van der Waals surface area contributed by atoms with Gasteiger partial charge in [0.1, 0.15) is 5.75 Å². The molecule has 0 aliphatic carbocycles. The van der Waals surface area contributed by atoms with E-state index in [1.54, 1.807) is 14.0 Å². The fourth-order valence-electron chi connectivity index (χ4n) is 3.16. The molecule has 1 heterocycles. The number of carbonyl (C=O) groups is 1. The van der Waals surface area contributed by atoms with Crippen LogP contribution < -0.4 is 15.4 Å². The average Bonchev–Trinajstić information content (AvgIpc) is 2.68. The molecule has 6 heteroatoms. The Morgan fingerprint density at radius 2 is 1.93 bits per heavy atom. The number of ether oxygens (including phenoxy) is 2. The number of hydrogen-bond acceptors (Lipinski definition) is 4. The van der Waals surface area contributed by atoms with Crippen LogP contribution in [0.5, 0.6) is 5.75 Å². The van der Waals surface area contributed by atoms with Gasteiger partial charge in [0.25, 0.3) is 0 Å². The van der Waals surface area contributed by atoms with E-state index in [2.05, 4.69) is 10.6 Å². The molecule has 0 bridgehead atoms. The van der Waals surface area contributed by atoms with E-state index in [0.29, 0.717) is 23.0 Å². The Morgan fingerprint density at radius 3 is 2.56 bits per heavy atom. The summed E-state index contributed by atoms with van der Waals surface area (Å²) < 4.78 is 10.7. The molecule has 0 fully saturated rings. The summed E-state index contributed by atoms with van der Waals surface area (Å²) in [7, 11) is 1.64. The molecule has 0 radical (unpaired) electrons. The molecule has 1 aliphatic heterocycles. The minimum atomic E-state index is -0.419. The molecular formula is C21H22N2O3S. The molecule has 0 spiro atoms. The van der Waals surface area contributed by atoms with E-state index < -0.39 is 6.04 Å². The van der Waals surface area contributed by atoms with E-state index >= 15 is 0 Å². The lowest BCUT2D eigenvalue weighted by molar-refractivity contribution is -0.138. The summed E-state index contributed by atoms with van der Waals surface area (Å²) in [6, 6.07) is 15.0. The zero-order chi connectivity index (χ0) is 19.4. The maximum absolute atomic E-state index is 12.9. The number of esters is 1. The van der Waals surface area contributed by atoms with Crippen LogP contribution in [0.4, 0.5) is 0 Å². The van der Waals surface area contributed by atoms with E-state index in [4.69, 9.17) is 21.7 Å². The highest BCUT2D eigenvalue weighted by atomic mass is 32.1. The van der Waals surface area contributed by atoms with Crippen LogP contribution in [-0.2, 0) is 9.53 Å². The third-order valence-corrected chi connectivity index (χ3v) is 4.60. The summed E-state index contributed by atoms with van der Waals surface area (Å²) in [4.78, 5) is 12.9. The van der Waals surface area contributed by atoms with E-state index in [0.717, 1.165) is 22.4 Å². The topological polar surface area (TPSA) is 59.6 Å². The smallest absolute Gasteiger partial charge is 0.338 e. The van der Waals surface area contributed by atoms with Crippen molar-refractivity contribution >= 4 is 29.0 Å². The monoisotopic (exact) mass is 382 g/mol. The van der Waals surface area contributed by atoms with Crippen LogP contribution in [0.15, 0.2) is 54.1 Å². The van der Waals surface area contributed by atoms with Crippen molar-refractivity contribution in [2.24, 2.45) is 0 Å². The van der Waals surface area contributed by atoms with Crippen LogP contribution in [0.2, 0.25) is 0 Å². The number of rotatable bonds is 5. The Hall–Kier alpha value is -2.86. The zero-order valence-corrected chi connectivity index (χ0v) is 16.4. The molecule has 27 heavy (non-hydrogen) atoms. The molecule has 0 amide bonds. The van der Waals surface area contributed by atoms with Gasteiger partial charge in [0.15, 0.2) is 5.11 Å². The van der Waals surface area contributed by atoms with Gasteiger partial charge in [-0.25, -0.2) is 4.79 Å². The molecular weight excluding hydrogens is 360 g/mol. The number of nitrogens with one attached hydrogen (secondary N) is 2. The molecule has 0 unspecified atom stereocenters. The van der Waals surface area contributed by atoms with Crippen molar-refractivity contribution in [3.63, 3.8) is 0 Å². The van der Waals surface area contributed by atoms with E-state index in [-0.39, 0.29) is 5.97 Å². The molecule has 2 aromatic carbocycles. The molecule has 1 atom stereocenters. The molecule has 5 nitrogen and oxygen atoms in total. The molecule has 3 rings (SSSR count). The standard InChI is InChI=1S/C21H22N2O3S/c1-4-26-20(24)17-18(14-8-6-5-7-9-14)22-21(27)23-19(17)15-10-11-16(25-3)13(2)12-15/h5-12,19H,4H2,1-3H3,(H2,22,23,27)/t19-/m1/s1. The second-order valence-corrected chi connectivity index (χ2v) is 6.54. The quantitative estimate of drug-likeness (QED) is 0.610. The largest absolute Gasteiger partial charge is 0.496 e. The summed E-state index contributed by atoms with van der Waals surface area (Å²) >= 11 is 5.41. The fourth-order valence-corrected chi connectivity index (χ4v) is 3.38. The molecule has 0 saturated heterocycles. The Labute approximate surface area is 164 Å². The van der Waals surface area contributed by atoms with Crippen molar-refractivity contribution in [2.45, 2.75) is 19.9 Å². The van der Waals surface area contributed by atoms with Gasteiger partial charge in [-0.3, -0.25) is 0 Å². The predicted molar refractivity (Wildman–Crippen MR) is 109 cm³/mol. The molecule has 140 valence electrons. The Bertz CT molecular complexity index is 894. The number of aryl methyl sites for hydroxylation is 1. The summed E-state index contributed by atoms with van der Waals surface area (Å²) in [5, 5.41) is 6.80. The van der Waals surface area contributed by atoms with Crippen molar-refractivity contribution in [1.29, 1.82) is 0 Å². The van der Waals surface area contributed by atoms with Gasteiger partial charge in [-0.2, -0.15) is 0 Å². The maximum Gasteiger partial charge on any atom is 0.338 e. The molecule has 0 aromatic heterocycles. The van der Waals surface area contributed by atoms with Crippen molar-refractivity contribution < 1.29 is 14.3 Å². The van der Waals surface area contributed by atoms with Crippen LogP contribution in [0.3, 0.4) is 0 Å². The van der Waals surface area contributed by atoms with Gasteiger partial charge < -0.3 is 20.1 Å². The highest BCUT2D eigenvalue weighted by Gasteiger charge is 2.33. The van der Waals surface area contributed by atoms with Crippen molar-refractivity contribution in [1.82, 2.24) is 10.6 Å². The summed E-state index contributed by atoms with van der Waals surface area (Å²) in [6.45, 7) is 4.05. The van der Waals surface area contributed by atoms with Gasteiger partial charge in [-0.1, -0.05) is 36.4 Å². The second kappa shape index (κ2) is 8.22. The number of benzene rings is 2. The first kappa shape index (κ1) is 18.9. The summed E-state index contributed by atoms with van der Waals surface area (Å²) in [6.07, 6.45) is 0. The molecule has 0 saturated carbocycles. The Morgan fingerprint density at radius 1 is 1.19 bits per heavy atom. The van der Waals surface area contributed by atoms with Crippen LogP contribution in [0.25, 0.3) is 5.70 Å². The first-order valence-electron chi connectivity index (χ1n) is 8.74. The first-order valence-corrected chi connectivity index (χ1v) is 9.14. The highest BCUT2D eigenvalue weighted by molar-refractivity contribution is 7.80. The highest BCUT2D eigenvalue weighted by Crippen LogP contribution is 2.33. The van der Waals surface area contributed by atoms with Gasteiger partial charge in [0.05, 0.1) is 31.0 Å². The SMILES string of the molecule is CCOC(=O)C1=C(c2ccccc2)NC(=S)N[C@@H]1c1ccc(OC)c(C)c1. The van der Waals surface area contributed by atoms with Gasteiger partial charge >= 0.3 is 5.97 Å². The molecule has 2 aromatic rings. The van der Waals surface area contributed by atoms with Gasteiger partial charge in [0.2, 0.25) is 0 Å². The number of carbonyl (C=O) groups excluding carboxylic acids is 1. The lowest BCUT2D eigenvalue weighted by atomic mass is 9.92. The van der Waals surface area contributed by atoms with Crippen LogP contribution in [0, 0.1) is 6.92 Å². The minimum absolute atomic E-state index is 0.295. The summed E-state index contributed by atoms with van der Waals surface area (Å²) in [5.41, 5.74) is 3.93. The lowest BCUT2D eigenvalue weighted by Crippen LogP contribution is -2.45. The van der Waals surface area contributed by atoms with Gasteiger partial charge in [0, 0.05) is 0 Å². The van der Waals surface area contributed by atoms with Gasteiger partial charge in [-0.05, 0) is 54.9 Å². The average molecular weight is 382 g/mol. The van der Waals surface area contributed by atoms with E-state index in [1.165, 1.54) is 0 Å². The maximum atomic E-state index is 12.9. The van der Waals surface area contributed by atoms with E-state index in [1.807, 2.05) is 55.5 Å². The van der Waals surface area contributed by atoms with Crippen LogP contribution in [-0.4, -0.2) is 24.8 Å². The molecule has 1 aliphatic rings. The van der Waals surface area contributed by atoms with E-state index in [9.17, 15) is 4.79 Å². The van der Waals surface area contributed by atoms with Gasteiger partial charge in [-0.15, -0.1) is 0 Å². The van der Waals surface area contributed by atoms with Crippen LogP contribution in [0.1, 0.15) is 29.7 Å². The number of methoxy groups -OCH3 is 1.